The Kier molecular flexibility index (Phi) is 3.41. The number of oxime groups is 1. The summed E-state index contributed by atoms with van der Waals surface area (Å²) in [7, 11) is -4.08. The fourth-order valence-corrected chi connectivity index (χ4v) is 5.58. The van der Waals surface area contributed by atoms with Gasteiger partial charge in [0.15, 0.2) is 5.04 Å². The molecule has 2 aliphatic rings. The van der Waals surface area contributed by atoms with Crippen LogP contribution in [0.1, 0.15) is 32.3 Å². The summed E-state index contributed by atoms with van der Waals surface area (Å²) >= 11 is 0. The van der Waals surface area contributed by atoms with Crippen molar-refractivity contribution in [3.8, 4) is 0 Å². The SMILES string of the molecule is C=CC1CC1(c1c(F)cccc1F)S(=O)(=O)C1=NOC(C)(C)C1. The Morgan fingerprint density at radius 1 is 1.35 bits per heavy atom. The van der Waals surface area contributed by atoms with E-state index in [4.69, 9.17) is 4.84 Å². The highest BCUT2D eigenvalue weighted by atomic mass is 32.2. The van der Waals surface area contributed by atoms with Gasteiger partial charge in [0.25, 0.3) is 0 Å². The molecule has 4 nitrogen and oxygen atoms in total. The second-order valence-electron chi connectivity index (χ2n) is 6.55. The topological polar surface area (TPSA) is 55.7 Å². The van der Waals surface area contributed by atoms with Crippen LogP contribution in [0.3, 0.4) is 0 Å². The van der Waals surface area contributed by atoms with E-state index in [-0.39, 0.29) is 17.9 Å². The fraction of sp³-hybridized carbons (Fsp3) is 0.438. The van der Waals surface area contributed by atoms with Crippen LogP contribution >= 0.6 is 0 Å². The summed E-state index contributed by atoms with van der Waals surface area (Å²) in [5, 5.41) is 3.50. The van der Waals surface area contributed by atoms with Crippen LogP contribution in [-0.2, 0) is 19.4 Å². The third kappa shape index (κ3) is 2.21. The Bertz CT molecular complexity index is 796. The molecule has 0 aromatic heterocycles. The van der Waals surface area contributed by atoms with Crippen molar-refractivity contribution in [3.05, 3.63) is 48.1 Å². The molecular weight excluding hydrogens is 324 g/mol. The van der Waals surface area contributed by atoms with Crippen molar-refractivity contribution >= 4 is 14.9 Å². The van der Waals surface area contributed by atoms with E-state index < -0.39 is 43.3 Å². The van der Waals surface area contributed by atoms with Crippen LogP contribution in [0.2, 0.25) is 0 Å². The molecule has 0 radical (unpaired) electrons. The van der Waals surface area contributed by atoms with Gasteiger partial charge in [0.2, 0.25) is 9.84 Å². The zero-order valence-corrected chi connectivity index (χ0v) is 13.7. The largest absolute Gasteiger partial charge is 0.389 e. The van der Waals surface area contributed by atoms with Gasteiger partial charge in [-0.2, -0.15) is 0 Å². The third-order valence-corrected chi connectivity index (χ3v) is 6.87. The Morgan fingerprint density at radius 3 is 2.39 bits per heavy atom. The molecule has 23 heavy (non-hydrogen) atoms. The first-order valence-electron chi connectivity index (χ1n) is 7.22. The van der Waals surface area contributed by atoms with Crippen LogP contribution in [-0.4, -0.2) is 19.1 Å². The molecule has 1 saturated carbocycles. The van der Waals surface area contributed by atoms with Crippen LogP contribution in [0.5, 0.6) is 0 Å². The van der Waals surface area contributed by atoms with Gasteiger partial charge in [-0.05, 0) is 32.4 Å². The average Bonchev–Trinajstić information content (AvgIpc) is 3.08. The monoisotopic (exact) mass is 341 g/mol. The van der Waals surface area contributed by atoms with Crippen molar-refractivity contribution in [2.45, 2.75) is 37.0 Å². The Hall–Kier alpha value is -1.76. The van der Waals surface area contributed by atoms with Crippen molar-refractivity contribution < 1.29 is 22.0 Å². The molecule has 7 heteroatoms. The minimum Gasteiger partial charge on any atom is -0.389 e. The second kappa shape index (κ2) is 4.87. The summed E-state index contributed by atoms with van der Waals surface area (Å²) in [5.41, 5.74) is -1.19. The van der Waals surface area contributed by atoms with Crippen molar-refractivity contribution in [1.82, 2.24) is 0 Å². The standard InChI is InChI=1S/C16H17F2NO3S/c1-4-10-8-16(10,14-11(17)6-5-7-12(14)18)23(20,21)13-9-15(2,3)22-19-13/h4-7,10H,1,8-9H2,2-3H3. The second-order valence-corrected chi connectivity index (χ2v) is 8.76. The van der Waals surface area contributed by atoms with E-state index in [0.717, 1.165) is 12.1 Å². The molecule has 0 bridgehead atoms. The Morgan fingerprint density at radius 2 is 1.96 bits per heavy atom. The number of halogens is 2. The highest BCUT2D eigenvalue weighted by Crippen LogP contribution is 2.61. The normalized spacial score (nSPS) is 28.9. The lowest BCUT2D eigenvalue weighted by atomic mass is 10.1. The van der Waals surface area contributed by atoms with Gasteiger partial charge in [0, 0.05) is 17.9 Å². The minimum absolute atomic E-state index is 0.0665. The number of allylic oxidation sites excluding steroid dienone is 1. The van der Waals surface area contributed by atoms with E-state index in [1.807, 2.05) is 0 Å². The van der Waals surface area contributed by atoms with Gasteiger partial charge in [0.1, 0.15) is 22.0 Å². The van der Waals surface area contributed by atoms with E-state index in [1.165, 1.54) is 12.1 Å². The molecule has 1 aromatic rings. The van der Waals surface area contributed by atoms with Crippen molar-refractivity contribution in [3.63, 3.8) is 0 Å². The molecule has 0 spiro atoms. The lowest BCUT2D eigenvalue weighted by molar-refractivity contribution is 0.0123. The molecule has 1 aromatic carbocycles. The van der Waals surface area contributed by atoms with Gasteiger partial charge in [-0.15, -0.1) is 6.58 Å². The Labute approximate surface area is 133 Å². The average molecular weight is 341 g/mol. The summed E-state index contributed by atoms with van der Waals surface area (Å²) in [6.45, 7) is 6.99. The number of rotatable bonds is 3. The van der Waals surface area contributed by atoms with E-state index in [0.29, 0.717) is 0 Å². The molecular formula is C16H17F2NO3S. The van der Waals surface area contributed by atoms with E-state index in [9.17, 15) is 17.2 Å². The predicted octanol–water partition coefficient (Wildman–Crippen LogP) is 3.29. The minimum atomic E-state index is -4.08. The predicted molar refractivity (Wildman–Crippen MR) is 82.5 cm³/mol. The first kappa shape index (κ1) is 16.1. The molecule has 0 amide bonds. The molecule has 1 heterocycles. The van der Waals surface area contributed by atoms with Gasteiger partial charge in [0.05, 0.1) is 0 Å². The van der Waals surface area contributed by atoms with Crippen LogP contribution in [0.25, 0.3) is 0 Å². The van der Waals surface area contributed by atoms with Crippen LogP contribution in [0.4, 0.5) is 8.78 Å². The highest BCUT2D eigenvalue weighted by molar-refractivity contribution is 8.07. The van der Waals surface area contributed by atoms with E-state index >= 15 is 0 Å². The maximum absolute atomic E-state index is 14.3. The summed E-state index contributed by atoms with van der Waals surface area (Å²) in [6, 6.07) is 3.33. The molecule has 3 rings (SSSR count). The van der Waals surface area contributed by atoms with Crippen molar-refractivity contribution in [1.29, 1.82) is 0 Å². The summed E-state index contributed by atoms with van der Waals surface area (Å²) in [5.74, 6) is -2.32. The molecule has 2 atom stereocenters. The van der Waals surface area contributed by atoms with Crippen LogP contribution in [0.15, 0.2) is 36.0 Å². The summed E-state index contributed by atoms with van der Waals surface area (Å²) in [6.07, 6.45) is 1.57. The zero-order chi connectivity index (χ0) is 17.0. The van der Waals surface area contributed by atoms with Gasteiger partial charge in [-0.1, -0.05) is 17.3 Å². The van der Waals surface area contributed by atoms with Crippen molar-refractivity contribution in [2.24, 2.45) is 11.1 Å². The summed E-state index contributed by atoms with van der Waals surface area (Å²) < 4.78 is 53.0. The van der Waals surface area contributed by atoms with Crippen molar-refractivity contribution in [2.75, 3.05) is 0 Å². The molecule has 0 N–H and O–H groups in total. The molecule has 1 fully saturated rings. The van der Waals surface area contributed by atoms with Gasteiger partial charge >= 0.3 is 0 Å². The molecule has 1 aliphatic carbocycles. The quantitative estimate of drug-likeness (QED) is 0.793. The van der Waals surface area contributed by atoms with Gasteiger partial charge < -0.3 is 4.84 Å². The molecule has 2 unspecified atom stereocenters. The van der Waals surface area contributed by atoms with Gasteiger partial charge in [-0.25, -0.2) is 17.2 Å². The lowest BCUT2D eigenvalue weighted by Gasteiger charge is -2.20. The maximum Gasteiger partial charge on any atom is 0.205 e. The smallest absolute Gasteiger partial charge is 0.205 e. The molecule has 0 saturated heterocycles. The zero-order valence-electron chi connectivity index (χ0n) is 12.8. The van der Waals surface area contributed by atoms with Crippen LogP contribution < -0.4 is 0 Å². The van der Waals surface area contributed by atoms with Gasteiger partial charge in [-0.3, -0.25) is 0 Å². The van der Waals surface area contributed by atoms with E-state index in [1.54, 1.807) is 13.8 Å². The highest BCUT2D eigenvalue weighted by Gasteiger charge is 2.67. The molecule has 1 aliphatic heterocycles. The first-order chi connectivity index (χ1) is 10.7. The first-order valence-corrected chi connectivity index (χ1v) is 8.71. The molecule has 124 valence electrons. The third-order valence-electron chi connectivity index (χ3n) is 4.39. The number of sulfone groups is 1. The van der Waals surface area contributed by atoms with E-state index in [2.05, 4.69) is 11.7 Å². The number of hydrogen-bond donors (Lipinski definition) is 0. The number of benzene rings is 1. The number of hydrogen-bond acceptors (Lipinski definition) is 4. The lowest BCUT2D eigenvalue weighted by Crippen LogP contribution is -2.33. The summed E-state index contributed by atoms with van der Waals surface area (Å²) in [4.78, 5) is 5.12. The van der Waals surface area contributed by atoms with Crippen LogP contribution in [0, 0.1) is 17.6 Å². The maximum atomic E-state index is 14.3. The fourth-order valence-electron chi connectivity index (χ4n) is 3.13. The Balaban J connectivity index is 2.16. The number of nitrogens with zero attached hydrogens (tertiary/aromatic N) is 1.